The highest BCUT2D eigenvalue weighted by Gasteiger charge is 2.37. The number of nitrogens with two attached hydrogens (primary N) is 2. The number of hydrogen-bond acceptors (Lipinski definition) is 6. The molecule has 5 N–H and O–H groups in total. The minimum Gasteiger partial charge on any atom is -0.460 e. The third kappa shape index (κ3) is 6.45. The molecule has 0 heterocycles. The standard InChI is InChI=1S/C20H28N3O4/c21-16(18(25)23-20(14-24)11-4-5-12-20)9-6-10-17(22)19(26)27-13-15-7-2-1-3-8-15/h1-3,7-8,16-17H,4-6,9-13,21-22H2,(H,23,25)/t16-,17?/m0/s1. The molecule has 1 aliphatic carbocycles. The largest absolute Gasteiger partial charge is 0.460 e. The Balaban J connectivity index is 1.67. The third-order valence-electron chi connectivity index (χ3n) is 4.91. The van der Waals surface area contributed by atoms with Gasteiger partial charge in [-0.1, -0.05) is 43.2 Å². The molecule has 0 aromatic heterocycles. The topological polar surface area (TPSA) is 125 Å². The highest BCUT2D eigenvalue weighted by Crippen LogP contribution is 2.27. The van der Waals surface area contributed by atoms with Crippen molar-refractivity contribution in [3.8, 4) is 0 Å². The van der Waals surface area contributed by atoms with E-state index in [0.717, 1.165) is 18.4 Å². The molecule has 1 unspecified atom stereocenters. The molecule has 0 aliphatic heterocycles. The summed E-state index contributed by atoms with van der Waals surface area (Å²) in [6, 6.07) is 7.85. The first-order valence-electron chi connectivity index (χ1n) is 9.39. The van der Waals surface area contributed by atoms with E-state index >= 15 is 0 Å². The summed E-state index contributed by atoms with van der Waals surface area (Å²) in [6.07, 6.45) is 6.21. The van der Waals surface area contributed by atoms with Crippen molar-refractivity contribution >= 4 is 18.2 Å². The Labute approximate surface area is 159 Å². The number of carbonyl (C=O) groups excluding carboxylic acids is 3. The van der Waals surface area contributed by atoms with Gasteiger partial charge in [-0.2, -0.15) is 0 Å². The lowest BCUT2D eigenvalue weighted by atomic mass is 9.98. The average molecular weight is 374 g/mol. The zero-order valence-electron chi connectivity index (χ0n) is 15.5. The van der Waals surface area contributed by atoms with Crippen LogP contribution in [0.5, 0.6) is 0 Å². The first-order valence-corrected chi connectivity index (χ1v) is 9.39. The van der Waals surface area contributed by atoms with Crippen LogP contribution in [0.3, 0.4) is 0 Å². The van der Waals surface area contributed by atoms with Crippen molar-refractivity contribution < 1.29 is 19.1 Å². The van der Waals surface area contributed by atoms with E-state index in [-0.39, 0.29) is 12.5 Å². The number of nitrogens with one attached hydrogen (secondary N) is 1. The highest BCUT2D eigenvalue weighted by atomic mass is 16.5. The predicted molar refractivity (Wildman–Crippen MR) is 101 cm³/mol. The lowest BCUT2D eigenvalue weighted by Gasteiger charge is -2.24. The molecular weight excluding hydrogens is 346 g/mol. The number of rotatable bonds is 10. The van der Waals surface area contributed by atoms with Crippen LogP contribution < -0.4 is 16.8 Å². The minimum absolute atomic E-state index is 0.180. The van der Waals surface area contributed by atoms with E-state index in [1.807, 2.05) is 36.6 Å². The van der Waals surface area contributed by atoms with Crippen LogP contribution >= 0.6 is 0 Å². The smallest absolute Gasteiger partial charge is 0.323 e. The van der Waals surface area contributed by atoms with Crippen LogP contribution in [-0.4, -0.2) is 35.8 Å². The average Bonchev–Trinajstić information content (AvgIpc) is 3.15. The van der Waals surface area contributed by atoms with Crippen molar-refractivity contribution in [2.45, 2.75) is 69.2 Å². The monoisotopic (exact) mass is 374 g/mol. The molecule has 1 amide bonds. The summed E-state index contributed by atoms with van der Waals surface area (Å²) in [5.74, 6) is -0.835. The highest BCUT2D eigenvalue weighted by molar-refractivity contribution is 5.86. The van der Waals surface area contributed by atoms with Crippen LogP contribution in [0.2, 0.25) is 0 Å². The van der Waals surface area contributed by atoms with Gasteiger partial charge in [-0.15, -0.1) is 0 Å². The second kappa shape index (κ2) is 10.2. The maximum absolute atomic E-state index is 12.2. The van der Waals surface area contributed by atoms with Crippen molar-refractivity contribution in [1.29, 1.82) is 0 Å². The van der Waals surface area contributed by atoms with Gasteiger partial charge in [0.1, 0.15) is 18.2 Å². The molecule has 7 nitrogen and oxygen atoms in total. The number of amides is 1. The van der Waals surface area contributed by atoms with Gasteiger partial charge < -0.3 is 21.5 Å². The molecule has 1 radical (unpaired) electrons. The number of ether oxygens (including phenoxy) is 1. The summed E-state index contributed by atoms with van der Waals surface area (Å²) >= 11 is 0. The SMILES string of the molecule is NC(CCC[C@H](N)C(=O)NC1([C]=O)CCCC1)C(=O)OCc1ccccc1. The van der Waals surface area contributed by atoms with Gasteiger partial charge in [0, 0.05) is 0 Å². The quantitative estimate of drug-likeness (QED) is 0.527. The summed E-state index contributed by atoms with van der Waals surface area (Å²) in [6.45, 7) is 0.180. The predicted octanol–water partition coefficient (Wildman–Crippen LogP) is 1.09. The van der Waals surface area contributed by atoms with Gasteiger partial charge in [0.05, 0.1) is 6.04 Å². The lowest BCUT2D eigenvalue weighted by Crippen LogP contribution is -2.53. The normalized spacial score (nSPS) is 17.7. The number of hydrogen-bond donors (Lipinski definition) is 3. The third-order valence-corrected chi connectivity index (χ3v) is 4.91. The Morgan fingerprint density at radius 1 is 1.11 bits per heavy atom. The molecule has 27 heavy (non-hydrogen) atoms. The molecule has 2 rings (SSSR count). The van der Waals surface area contributed by atoms with Crippen molar-refractivity contribution in [1.82, 2.24) is 5.32 Å². The number of carbonyl (C=O) groups is 2. The summed E-state index contributed by atoms with van der Waals surface area (Å²) < 4.78 is 5.19. The molecule has 1 aromatic carbocycles. The molecule has 0 bridgehead atoms. The van der Waals surface area contributed by atoms with Crippen LogP contribution in [0.4, 0.5) is 0 Å². The van der Waals surface area contributed by atoms with Gasteiger partial charge in [0.15, 0.2) is 0 Å². The zero-order valence-corrected chi connectivity index (χ0v) is 15.5. The summed E-state index contributed by atoms with van der Waals surface area (Å²) in [5, 5.41) is 2.73. The Morgan fingerprint density at radius 2 is 1.74 bits per heavy atom. The van der Waals surface area contributed by atoms with Crippen LogP contribution in [-0.2, 0) is 25.7 Å². The summed E-state index contributed by atoms with van der Waals surface area (Å²) in [4.78, 5) is 35.3. The van der Waals surface area contributed by atoms with Crippen LogP contribution in [0.1, 0.15) is 50.5 Å². The molecule has 147 valence electrons. The number of esters is 1. The van der Waals surface area contributed by atoms with Crippen molar-refractivity contribution in [2.24, 2.45) is 11.5 Å². The van der Waals surface area contributed by atoms with Crippen LogP contribution in [0, 0.1) is 0 Å². The Bertz CT molecular complexity index is 629. The van der Waals surface area contributed by atoms with Gasteiger partial charge in [-0.05, 0) is 37.7 Å². The maximum atomic E-state index is 12.2. The summed E-state index contributed by atoms with van der Waals surface area (Å²) in [5.41, 5.74) is 11.8. The van der Waals surface area contributed by atoms with Gasteiger partial charge in [-0.3, -0.25) is 14.4 Å². The summed E-state index contributed by atoms with van der Waals surface area (Å²) in [7, 11) is 0. The molecule has 2 atom stereocenters. The second-order valence-electron chi connectivity index (χ2n) is 7.12. The lowest BCUT2D eigenvalue weighted by molar-refractivity contribution is -0.146. The molecule has 0 saturated heterocycles. The van der Waals surface area contributed by atoms with Crippen molar-refractivity contribution in [3.05, 3.63) is 35.9 Å². The Kier molecular flexibility index (Phi) is 7.94. The van der Waals surface area contributed by atoms with Crippen molar-refractivity contribution in [3.63, 3.8) is 0 Å². The fraction of sp³-hybridized carbons (Fsp3) is 0.550. The van der Waals surface area contributed by atoms with Gasteiger partial charge in [0.25, 0.3) is 0 Å². The van der Waals surface area contributed by atoms with Gasteiger partial charge >= 0.3 is 5.97 Å². The van der Waals surface area contributed by atoms with E-state index in [4.69, 9.17) is 16.2 Å². The zero-order chi connectivity index (χ0) is 19.7. The van der Waals surface area contributed by atoms with E-state index in [0.29, 0.717) is 32.1 Å². The van der Waals surface area contributed by atoms with E-state index in [9.17, 15) is 14.4 Å². The molecular formula is C20H28N3O4. The Hall–Kier alpha value is -2.25. The van der Waals surface area contributed by atoms with E-state index in [1.165, 1.54) is 0 Å². The first-order chi connectivity index (χ1) is 13.0. The van der Waals surface area contributed by atoms with E-state index in [2.05, 4.69) is 5.32 Å². The molecule has 0 spiro atoms. The second-order valence-corrected chi connectivity index (χ2v) is 7.12. The minimum atomic E-state index is -0.883. The van der Waals surface area contributed by atoms with Crippen LogP contribution in [0.25, 0.3) is 0 Å². The maximum Gasteiger partial charge on any atom is 0.323 e. The van der Waals surface area contributed by atoms with Crippen LogP contribution in [0.15, 0.2) is 30.3 Å². The first kappa shape index (κ1) is 21.1. The fourth-order valence-corrected chi connectivity index (χ4v) is 3.20. The number of benzene rings is 1. The molecule has 1 aliphatic rings. The fourth-order valence-electron chi connectivity index (χ4n) is 3.20. The van der Waals surface area contributed by atoms with E-state index < -0.39 is 23.6 Å². The van der Waals surface area contributed by atoms with Gasteiger partial charge in [-0.25, -0.2) is 0 Å². The van der Waals surface area contributed by atoms with E-state index in [1.54, 1.807) is 0 Å². The Morgan fingerprint density at radius 3 is 2.37 bits per heavy atom. The molecule has 1 saturated carbocycles. The molecule has 1 aromatic rings. The van der Waals surface area contributed by atoms with Crippen molar-refractivity contribution in [2.75, 3.05) is 0 Å². The van der Waals surface area contributed by atoms with Gasteiger partial charge in [0.2, 0.25) is 12.2 Å². The molecule has 1 fully saturated rings. The molecule has 7 heteroatoms.